The summed E-state index contributed by atoms with van der Waals surface area (Å²) in [7, 11) is -3.79. The second-order valence-electron chi connectivity index (χ2n) is 7.60. The van der Waals surface area contributed by atoms with E-state index < -0.39 is 10.0 Å². The Morgan fingerprint density at radius 3 is 2.06 bits per heavy atom. The van der Waals surface area contributed by atoms with E-state index in [1.807, 2.05) is 26.8 Å². The Hall–Kier alpha value is -2.34. The summed E-state index contributed by atoms with van der Waals surface area (Å²) in [4.78, 5) is 13.0. The van der Waals surface area contributed by atoms with Crippen molar-refractivity contribution in [3.8, 4) is 0 Å². The van der Waals surface area contributed by atoms with E-state index in [2.05, 4.69) is 4.72 Å². The zero-order valence-corrected chi connectivity index (χ0v) is 19.8. The van der Waals surface area contributed by atoms with Crippen LogP contribution in [0, 0.1) is 20.8 Å². The first-order valence-electron chi connectivity index (χ1n) is 9.71. The summed E-state index contributed by atoms with van der Waals surface area (Å²) >= 11 is 12.4. The maximum atomic E-state index is 12.9. The Balaban J connectivity index is 1.90. The molecule has 0 aliphatic rings. The number of sulfonamides is 1. The van der Waals surface area contributed by atoms with Gasteiger partial charge in [0.2, 0.25) is 0 Å². The van der Waals surface area contributed by atoms with Crippen molar-refractivity contribution in [3.63, 3.8) is 0 Å². The number of benzene rings is 3. The molecule has 0 aromatic heterocycles. The number of ketones is 1. The normalized spacial score (nSPS) is 11.4. The second kappa shape index (κ2) is 9.43. The molecule has 0 atom stereocenters. The average molecular weight is 476 g/mol. The van der Waals surface area contributed by atoms with E-state index in [-0.39, 0.29) is 23.5 Å². The Bertz CT molecular complexity index is 1220. The minimum absolute atomic E-state index is 0.0500. The number of carbonyl (C=O) groups is 1. The van der Waals surface area contributed by atoms with Crippen LogP contribution in [0.3, 0.4) is 0 Å². The van der Waals surface area contributed by atoms with Crippen molar-refractivity contribution in [2.75, 3.05) is 4.72 Å². The monoisotopic (exact) mass is 475 g/mol. The molecule has 0 unspecified atom stereocenters. The lowest BCUT2D eigenvalue weighted by atomic mass is 9.98. The van der Waals surface area contributed by atoms with E-state index >= 15 is 0 Å². The maximum Gasteiger partial charge on any atom is 0.261 e. The molecule has 0 aliphatic carbocycles. The second-order valence-corrected chi connectivity index (χ2v) is 10.1. The van der Waals surface area contributed by atoms with Crippen LogP contribution < -0.4 is 4.72 Å². The van der Waals surface area contributed by atoms with Crippen molar-refractivity contribution in [1.82, 2.24) is 0 Å². The summed E-state index contributed by atoms with van der Waals surface area (Å²) in [6.45, 7) is 5.71. The van der Waals surface area contributed by atoms with Gasteiger partial charge in [0.05, 0.1) is 10.6 Å². The summed E-state index contributed by atoms with van der Waals surface area (Å²) in [6, 6.07) is 15.3. The van der Waals surface area contributed by atoms with Gasteiger partial charge in [-0.15, -0.1) is 0 Å². The number of carbonyl (C=O) groups excluding carboxylic acids is 1. The first-order valence-corrected chi connectivity index (χ1v) is 11.9. The van der Waals surface area contributed by atoms with Gasteiger partial charge in [-0.25, -0.2) is 8.42 Å². The molecule has 0 amide bonds. The van der Waals surface area contributed by atoms with Crippen molar-refractivity contribution in [1.29, 1.82) is 0 Å². The van der Waals surface area contributed by atoms with Gasteiger partial charge in [-0.3, -0.25) is 9.52 Å². The number of hydrogen-bond acceptors (Lipinski definition) is 3. The molecule has 0 heterocycles. The summed E-state index contributed by atoms with van der Waals surface area (Å²) in [5, 5.41) is 0.863. The SMILES string of the molecule is Cc1ccc(S(=O)(=O)Nc2cc(C)c(C)cc2CC(=O)Cc2c(Cl)cccc2Cl)cc1. The first-order chi connectivity index (χ1) is 14.6. The lowest BCUT2D eigenvalue weighted by molar-refractivity contribution is -0.117. The number of halogens is 2. The minimum atomic E-state index is -3.79. The van der Waals surface area contributed by atoms with E-state index in [1.54, 1.807) is 48.5 Å². The van der Waals surface area contributed by atoms with Crippen LogP contribution >= 0.6 is 23.2 Å². The van der Waals surface area contributed by atoms with Crippen molar-refractivity contribution >= 4 is 44.7 Å². The Kier molecular flexibility index (Phi) is 7.10. The Labute approximate surface area is 193 Å². The van der Waals surface area contributed by atoms with Crippen molar-refractivity contribution in [2.45, 2.75) is 38.5 Å². The standard InChI is InChI=1S/C24H23Cl2NO3S/c1-15-7-9-20(10-8-15)31(29,30)27-24-12-17(3)16(2)11-18(24)13-19(28)14-21-22(25)5-4-6-23(21)26/h4-12,27H,13-14H2,1-3H3. The number of anilines is 1. The molecule has 0 radical (unpaired) electrons. The van der Waals surface area contributed by atoms with E-state index in [9.17, 15) is 13.2 Å². The molecule has 0 aliphatic heterocycles. The molecule has 31 heavy (non-hydrogen) atoms. The quantitative estimate of drug-likeness (QED) is 0.450. The van der Waals surface area contributed by atoms with Gasteiger partial charge in [-0.1, -0.05) is 53.0 Å². The van der Waals surface area contributed by atoms with Crippen LogP contribution in [0.25, 0.3) is 0 Å². The molecule has 1 N–H and O–H groups in total. The summed E-state index contributed by atoms with van der Waals surface area (Å²) in [6.07, 6.45) is 0.115. The third kappa shape index (κ3) is 5.67. The molecule has 0 spiro atoms. The van der Waals surface area contributed by atoms with Crippen molar-refractivity contribution in [3.05, 3.63) is 92.5 Å². The maximum absolute atomic E-state index is 12.9. The Morgan fingerprint density at radius 1 is 0.871 bits per heavy atom. The van der Waals surface area contributed by atoms with Crippen LogP contribution in [0.2, 0.25) is 10.0 Å². The van der Waals surface area contributed by atoms with Crippen molar-refractivity contribution in [2.24, 2.45) is 0 Å². The number of nitrogens with one attached hydrogen (secondary N) is 1. The molecule has 162 valence electrons. The number of hydrogen-bond donors (Lipinski definition) is 1. The van der Waals surface area contributed by atoms with Crippen LogP contribution in [0.15, 0.2) is 59.5 Å². The highest BCUT2D eigenvalue weighted by atomic mass is 35.5. The van der Waals surface area contributed by atoms with E-state index in [1.165, 1.54) is 0 Å². The van der Waals surface area contributed by atoms with Gasteiger partial charge in [0.25, 0.3) is 10.0 Å². The zero-order valence-electron chi connectivity index (χ0n) is 17.5. The third-order valence-corrected chi connectivity index (χ3v) is 7.21. The molecular formula is C24H23Cl2NO3S. The van der Waals surface area contributed by atoms with Gasteiger partial charge in [-0.2, -0.15) is 0 Å². The fourth-order valence-corrected chi connectivity index (χ4v) is 4.83. The van der Waals surface area contributed by atoms with Crippen LogP contribution in [-0.2, 0) is 27.7 Å². The fraction of sp³-hybridized carbons (Fsp3) is 0.208. The first kappa shape index (κ1) is 23.3. The van der Waals surface area contributed by atoms with Gasteiger partial charge in [0.15, 0.2) is 0 Å². The summed E-state index contributed by atoms with van der Waals surface area (Å²) in [5.41, 5.74) is 4.43. The van der Waals surface area contributed by atoms with Gasteiger partial charge in [0, 0.05) is 22.9 Å². The van der Waals surface area contributed by atoms with Gasteiger partial charge in [0.1, 0.15) is 5.78 Å². The lowest BCUT2D eigenvalue weighted by Crippen LogP contribution is -2.16. The average Bonchev–Trinajstić information content (AvgIpc) is 2.69. The number of aryl methyl sites for hydroxylation is 3. The topological polar surface area (TPSA) is 63.2 Å². The van der Waals surface area contributed by atoms with Crippen LogP contribution in [0.5, 0.6) is 0 Å². The molecule has 0 saturated heterocycles. The molecule has 3 rings (SSSR count). The molecule has 3 aromatic rings. The molecule has 0 saturated carbocycles. The van der Waals surface area contributed by atoms with Crippen LogP contribution in [-0.4, -0.2) is 14.2 Å². The van der Waals surface area contributed by atoms with E-state index in [0.29, 0.717) is 26.9 Å². The number of Topliss-reactive ketones (excluding diaryl/α,β-unsaturated/α-hetero) is 1. The molecule has 4 nitrogen and oxygen atoms in total. The molecular weight excluding hydrogens is 453 g/mol. The van der Waals surface area contributed by atoms with Crippen LogP contribution in [0.4, 0.5) is 5.69 Å². The van der Waals surface area contributed by atoms with Crippen molar-refractivity contribution < 1.29 is 13.2 Å². The molecule has 3 aromatic carbocycles. The summed E-state index contributed by atoms with van der Waals surface area (Å²) in [5.74, 6) is -0.117. The van der Waals surface area contributed by atoms with Gasteiger partial charge >= 0.3 is 0 Å². The third-order valence-electron chi connectivity index (χ3n) is 5.12. The predicted octanol–water partition coefficient (Wildman–Crippen LogP) is 6.07. The van der Waals surface area contributed by atoms with Crippen LogP contribution in [0.1, 0.15) is 27.8 Å². The molecule has 7 heteroatoms. The minimum Gasteiger partial charge on any atom is -0.299 e. The zero-order chi connectivity index (χ0) is 22.8. The summed E-state index contributed by atoms with van der Waals surface area (Å²) < 4.78 is 28.4. The lowest BCUT2D eigenvalue weighted by Gasteiger charge is -2.15. The molecule has 0 bridgehead atoms. The van der Waals surface area contributed by atoms with E-state index in [4.69, 9.17) is 23.2 Å². The highest BCUT2D eigenvalue weighted by molar-refractivity contribution is 7.92. The van der Waals surface area contributed by atoms with Gasteiger partial charge in [-0.05, 0) is 73.4 Å². The Morgan fingerprint density at radius 2 is 1.45 bits per heavy atom. The number of rotatable bonds is 7. The van der Waals surface area contributed by atoms with Gasteiger partial charge < -0.3 is 0 Å². The smallest absolute Gasteiger partial charge is 0.261 e. The largest absolute Gasteiger partial charge is 0.299 e. The highest BCUT2D eigenvalue weighted by Crippen LogP contribution is 2.28. The highest BCUT2D eigenvalue weighted by Gasteiger charge is 2.19. The fourth-order valence-electron chi connectivity index (χ4n) is 3.21. The predicted molar refractivity (Wildman–Crippen MR) is 127 cm³/mol. The van der Waals surface area contributed by atoms with E-state index in [0.717, 1.165) is 16.7 Å². The molecule has 0 fully saturated rings.